The van der Waals surface area contributed by atoms with Gasteiger partial charge in [0.15, 0.2) is 5.78 Å². The van der Waals surface area contributed by atoms with Crippen LogP contribution in [0, 0.1) is 5.82 Å². The van der Waals surface area contributed by atoms with E-state index in [4.69, 9.17) is 23.2 Å². The van der Waals surface area contributed by atoms with Crippen molar-refractivity contribution in [1.29, 1.82) is 0 Å². The van der Waals surface area contributed by atoms with Gasteiger partial charge < -0.3 is 5.32 Å². The fourth-order valence-corrected chi connectivity index (χ4v) is 5.20. The summed E-state index contributed by atoms with van der Waals surface area (Å²) < 4.78 is 15.1. The lowest BCUT2D eigenvalue weighted by Gasteiger charge is -2.32. The zero-order valence-corrected chi connectivity index (χ0v) is 18.6. The van der Waals surface area contributed by atoms with Gasteiger partial charge in [-0.25, -0.2) is 9.07 Å². The van der Waals surface area contributed by atoms with E-state index in [0.29, 0.717) is 33.3 Å². The van der Waals surface area contributed by atoms with Gasteiger partial charge in [-0.15, -0.1) is 5.10 Å². The summed E-state index contributed by atoms with van der Waals surface area (Å²) in [7, 11) is 0. The van der Waals surface area contributed by atoms with Gasteiger partial charge in [0.05, 0.1) is 0 Å². The van der Waals surface area contributed by atoms with Gasteiger partial charge in [0, 0.05) is 33.5 Å². The van der Waals surface area contributed by atoms with E-state index < -0.39 is 0 Å². The Balaban J connectivity index is 1.49. The van der Waals surface area contributed by atoms with Crippen LogP contribution in [0.2, 0.25) is 10.0 Å². The van der Waals surface area contributed by atoms with Crippen LogP contribution >= 0.6 is 35.0 Å². The number of hydrogen-bond acceptors (Lipinski definition) is 5. The first-order valence-corrected chi connectivity index (χ1v) is 11.6. The predicted octanol–water partition coefficient (Wildman–Crippen LogP) is 6.04. The first kappa shape index (κ1) is 20.5. The second-order valence-electron chi connectivity index (χ2n) is 7.44. The van der Waals surface area contributed by atoms with Crippen molar-refractivity contribution in [2.45, 2.75) is 36.2 Å². The Bertz CT molecular complexity index is 1210. The van der Waals surface area contributed by atoms with E-state index in [9.17, 15) is 9.18 Å². The van der Waals surface area contributed by atoms with Crippen LogP contribution in [0.3, 0.4) is 0 Å². The topological polar surface area (TPSA) is 59.8 Å². The van der Waals surface area contributed by atoms with Gasteiger partial charge >= 0.3 is 0 Å². The summed E-state index contributed by atoms with van der Waals surface area (Å²) in [6.07, 6.45) is 2.14. The van der Waals surface area contributed by atoms with E-state index in [0.717, 1.165) is 35.2 Å². The van der Waals surface area contributed by atoms with Crippen LogP contribution in [0.15, 0.2) is 58.9 Å². The van der Waals surface area contributed by atoms with Crippen molar-refractivity contribution in [3.05, 3.63) is 80.7 Å². The molecule has 0 amide bonds. The summed E-state index contributed by atoms with van der Waals surface area (Å²) in [5, 5.41) is 9.55. The maximum atomic E-state index is 13.3. The Morgan fingerprint density at radius 3 is 2.74 bits per heavy atom. The molecule has 1 N–H and O–H groups in total. The number of thioether (sulfide) groups is 1. The number of nitrogens with one attached hydrogen (secondary N) is 1. The van der Waals surface area contributed by atoms with Gasteiger partial charge in [-0.1, -0.05) is 53.2 Å². The molecule has 2 aliphatic rings. The summed E-state index contributed by atoms with van der Waals surface area (Å²) in [5.74, 6) is 0.856. The number of carbonyl (C=O) groups is 1. The van der Waals surface area contributed by atoms with Crippen molar-refractivity contribution in [3.63, 3.8) is 0 Å². The second-order valence-corrected chi connectivity index (χ2v) is 9.22. The van der Waals surface area contributed by atoms with Gasteiger partial charge in [0.2, 0.25) is 11.1 Å². The van der Waals surface area contributed by atoms with Crippen molar-refractivity contribution >= 4 is 46.7 Å². The second kappa shape index (κ2) is 8.30. The fourth-order valence-electron chi connectivity index (χ4n) is 3.93. The molecule has 0 saturated carbocycles. The average Bonchev–Trinajstić information content (AvgIpc) is 3.15. The molecule has 0 radical (unpaired) electrons. The lowest BCUT2D eigenvalue weighted by atomic mass is 9.85. The number of aromatic nitrogens is 3. The highest BCUT2D eigenvalue weighted by molar-refractivity contribution is 7.98. The number of carbonyl (C=O) groups excluding carboxylic acids is 1. The normalized spacial score (nSPS) is 17.9. The van der Waals surface area contributed by atoms with Crippen LogP contribution in [-0.4, -0.2) is 20.5 Å². The monoisotopic (exact) mass is 474 g/mol. The van der Waals surface area contributed by atoms with Crippen LogP contribution in [0.1, 0.15) is 36.4 Å². The van der Waals surface area contributed by atoms with Gasteiger partial charge in [-0.2, -0.15) is 4.98 Å². The van der Waals surface area contributed by atoms with E-state index >= 15 is 0 Å². The van der Waals surface area contributed by atoms with Crippen LogP contribution < -0.4 is 5.32 Å². The molecule has 1 aromatic heterocycles. The minimum atomic E-state index is -0.370. The molecular formula is C22H17Cl2FN4OS. The minimum absolute atomic E-state index is 0.127. The molecule has 2 heterocycles. The third-order valence-corrected chi connectivity index (χ3v) is 6.90. The minimum Gasteiger partial charge on any atom is -0.328 e. The number of halogens is 3. The molecule has 1 atom stereocenters. The van der Waals surface area contributed by atoms with Crippen molar-refractivity contribution in [2.75, 3.05) is 5.32 Å². The number of Topliss-reactive ketones (excluding diaryl/α,β-unsaturated/α-hetero) is 1. The van der Waals surface area contributed by atoms with Gasteiger partial charge in [-0.3, -0.25) is 4.79 Å². The molecule has 1 aliphatic heterocycles. The highest BCUT2D eigenvalue weighted by atomic mass is 35.5. The fraction of sp³-hybridized carbons (Fsp3) is 0.227. The maximum absolute atomic E-state index is 13.3. The first-order chi connectivity index (χ1) is 15.0. The van der Waals surface area contributed by atoms with E-state index in [1.54, 1.807) is 10.7 Å². The molecule has 2 aromatic carbocycles. The zero-order chi connectivity index (χ0) is 21.5. The van der Waals surface area contributed by atoms with Crippen LogP contribution in [0.5, 0.6) is 0 Å². The van der Waals surface area contributed by atoms with E-state index in [2.05, 4.69) is 15.4 Å². The lowest BCUT2D eigenvalue weighted by molar-refractivity contribution is -0.116. The molecule has 3 aromatic rings. The molecule has 0 spiro atoms. The molecule has 5 nitrogen and oxygen atoms in total. The molecule has 5 rings (SSSR count). The zero-order valence-electron chi connectivity index (χ0n) is 16.2. The Labute approximate surface area is 192 Å². The standard InChI is InChI=1S/C22H17Cl2FN4OS/c23-14-7-4-12(5-8-14)20-19-17(2-1-3-18(19)30)26-21-27-22(28-29(20)21)31-11-13-6-9-15(25)10-16(13)24/h4-10,20H,1-3,11H2,(H,26,27,28)/t20-/m1/s1. The smallest absolute Gasteiger partial charge is 0.227 e. The van der Waals surface area contributed by atoms with Gasteiger partial charge in [-0.05, 0) is 48.2 Å². The predicted molar refractivity (Wildman–Crippen MR) is 120 cm³/mol. The number of fused-ring (bicyclic) bond motifs is 1. The quantitative estimate of drug-likeness (QED) is 0.467. The summed E-state index contributed by atoms with van der Waals surface area (Å²) >= 11 is 13.6. The third-order valence-electron chi connectivity index (χ3n) is 5.41. The summed E-state index contributed by atoms with van der Waals surface area (Å²) in [6, 6.07) is 11.5. The Morgan fingerprint density at radius 1 is 1.16 bits per heavy atom. The molecule has 1 aliphatic carbocycles. The molecule has 158 valence electrons. The van der Waals surface area contributed by atoms with Crippen molar-refractivity contribution < 1.29 is 9.18 Å². The van der Waals surface area contributed by atoms with Gasteiger partial charge in [0.25, 0.3) is 0 Å². The molecule has 0 bridgehead atoms. The molecule has 0 unspecified atom stereocenters. The number of nitrogens with zero attached hydrogens (tertiary/aromatic N) is 3. The highest BCUT2D eigenvalue weighted by Gasteiger charge is 2.36. The number of benzene rings is 2. The molecule has 31 heavy (non-hydrogen) atoms. The number of anilines is 1. The van der Waals surface area contributed by atoms with Crippen molar-refractivity contribution in [1.82, 2.24) is 14.8 Å². The molecular weight excluding hydrogens is 458 g/mol. The number of ketones is 1. The van der Waals surface area contributed by atoms with Crippen molar-refractivity contribution in [3.8, 4) is 0 Å². The van der Waals surface area contributed by atoms with Crippen LogP contribution in [0.25, 0.3) is 0 Å². The molecule has 9 heteroatoms. The lowest BCUT2D eigenvalue weighted by Crippen LogP contribution is -2.31. The van der Waals surface area contributed by atoms with E-state index in [1.165, 1.54) is 23.9 Å². The average molecular weight is 475 g/mol. The first-order valence-electron chi connectivity index (χ1n) is 9.81. The Kier molecular flexibility index (Phi) is 5.50. The molecule has 0 saturated heterocycles. The summed E-state index contributed by atoms with van der Waals surface area (Å²) in [4.78, 5) is 17.5. The summed E-state index contributed by atoms with van der Waals surface area (Å²) in [5.41, 5.74) is 3.38. The SMILES string of the molecule is O=C1CCCC2=C1[C@@H](c1ccc(Cl)cc1)n1nc(SCc3ccc(F)cc3Cl)nc1N2. The maximum Gasteiger partial charge on any atom is 0.227 e. The van der Waals surface area contributed by atoms with E-state index in [-0.39, 0.29) is 17.6 Å². The molecule has 0 fully saturated rings. The number of rotatable bonds is 4. The van der Waals surface area contributed by atoms with Gasteiger partial charge in [0.1, 0.15) is 11.9 Å². The Hall–Kier alpha value is -2.35. The van der Waals surface area contributed by atoms with Crippen LogP contribution in [-0.2, 0) is 10.5 Å². The van der Waals surface area contributed by atoms with Crippen molar-refractivity contribution in [2.24, 2.45) is 0 Å². The number of hydrogen-bond donors (Lipinski definition) is 1. The Morgan fingerprint density at radius 2 is 1.97 bits per heavy atom. The van der Waals surface area contributed by atoms with E-state index in [1.807, 2.05) is 24.3 Å². The van der Waals surface area contributed by atoms with Crippen LogP contribution in [0.4, 0.5) is 10.3 Å². The number of allylic oxidation sites excluding steroid dienone is 2. The summed E-state index contributed by atoms with van der Waals surface area (Å²) in [6.45, 7) is 0. The largest absolute Gasteiger partial charge is 0.328 e. The third kappa shape index (κ3) is 3.97. The highest BCUT2D eigenvalue weighted by Crippen LogP contribution is 2.41.